The maximum absolute atomic E-state index is 5.70. The molecule has 2 nitrogen and oxygen atoms in total. The summed E-state index contributed by atoms with van der Waals surface area (Å²) in [6, 6.07) is 1.45. The third-order valence-corrected chi connectivity index (χ3v) is 3.85. The highest BCUT2D eigenvalue weighted by Gasteiger charge is 2.26. The van der Waals surface area contributed by atoms with Gasteiger partial charge in [0.25, 0.3) is 0 Å². The first-order valence-corrected chi connectivity index (χ1v) is 6.64. The van der Waals surface area contributed by atoms with Crippen molar-refractivity contribution in [2.75, 3.05) is 13.1 Å². The highest BCUT2D eigenvalue weighted by molar-refractivity contribution is 4.81. The zero-order valence-electron chi connectivity index (χ0n) is 10.7. The first-order chi connectivity index (χ1) is 7.19. The molecule has 0 aromatic carbocycles. The van der Waals surface area contributed by atoms with Crippen molar-refractivity contribution in [1.82, 2.24) is 4.90 Å². The van der Waals surface area contributed by atoms with Crippen molar-refractivity contribution in [2.45, 2.75) is 65.0 Å². The second kappa shape index (κ2) is 6.49. The minimum atomic E-state index is 0.647. The van der Waals surface area contributed by atoms with E-state index in [-0.39, 0.29) is 0 Å². The first kappa shape index (κ1) is 13.0. The van der Waals surface area contributed by atoms with Gasteiger partial charge in [-0.3, -0.25) is 4.90 Å². The Morgan fingerprint density at radius 3 is 2.60 bits per heavy atom. The van der Waals surface area contributed by atoms with Crippen molar-refractivity contribution >= 4 is 0 Å². The van der Waals surface area contributed by atoms with Crippen LogP contribution in [0.15, 0.2) is 0 Å². The molecular weight excluding hydrogens is 184 g/mol. The fourth-order valence-electron chi connectivity index (χ4n) is 2.95. The third kappa shape index (κ3) is 3.76. The van der Waals surface area contributed by atoms with E-state index in [4.69, 9.17) is 5.73 Å². The minimum Gasteiger partial charge on any atom is -0.329 e. The fraction of sp³-hybridized carbons (Fsp3) is 1.00. The Morgan fingerprint density at radius 1 is 1.33 bits per heavy atom. The van der Waals surface area contributed by atoms with E-state index in [2.05, 4.69) is 25.7 Å². The van der Waals surface area contributed by atoms with Crippen LogP contribution in [0.5, 0.6) is 0 Å². The van der Waals surface area contributed by atoms with E-state index in [0.717, 1.165) is 25.0 Å². The van der Waals surface area contributed by atoms with Crippen LogP contribution in [0.3, 0.4) is 0 Å². The van der Waals surface area contributed by atoms with Gasteiger partial charge in [-0.15, -0.1) is 0 Å². The quantitative estimate of drug-likeness (QED) is 0.759. The summed E-state index contributed by atoms with van der Waals surface area (Å²) in [5.41, 5.74) is 5.70. The third-order valence-electron chi connectivity index (χ3n) is 3.85. The van der Waals surface area contributed by atoms with Crippen molar-refractivity contribution in [3.05, 3.63) is 0 Å². The van der Waals surface area contributed by atoms with Crippen LogP contribution in [0.25, 0.3) is 0 Å². The van der Waals surface area contributed by atoms with E-state index in [1.54, 1.807) is 0 Å². The summed E-state index contributed by atoms with van der Waals surface area (Å²) < 4.78 is 0. The Hall–Kier alpha value is -0.0800. The molecule has 0 aromatic rings. The van der Waals surface area contributed by atoms with Crippen LogP contribution >= 0.6 is 0 Å². The average Bonchev–Trinajstić information content (AvgIpc) is 2.25. The molecule has 1 fully saturated rings. The Kier molecular flexibility index (Phi) is 5.62. The van der Waals surface area contributed by atoms with Gasteiger partial charge in [0.1, 0.15) is 0 Å². The molecule has 0 spiro atoms. The largest absolute Gasteiger partial charge is 0.329 e. The van der Waals surface area contributed by atoms with Gasteiger partial charge in [0.15, 0.2) is 0 Å². The van der Waals surface area contributed by atoms with E-state index in [1.165, 1.54) is 32.1 Å². The lowest BCUT2D eigenvalue weighted by Crippen LogP contribution is -2.45. The predicted octanol–water partition coefficient (Wildman–Crippen LogP) is 2.62. The number of nitrogens with two attached hydrogens (primary N) is 1. The van der Waals surface area contributed by atoms with Crippen molar-refractivity contribution < 1.29 is 0 Å². The molecule has 1 saturated carbocycles. The van der Waals surface area contributed by atoms with E-state index < -0.39 is 0 Å². The minimum absolute atomic E-state index is 0.647. The Labute approximate surface area is 95.2 Å². The normalized spacial score (nSPS) is 27.6. The monoisotopic (exact) mass is 212 g/mol. The van der Waals surface area contributed by atoms with Crippen molar-refractivity contribution in [1.29, 1.82) is 0 Å². The van der Waals surface area contributed by atoms with E-state index in [0.29, 0.717) is 6.04 Å². The summed E-state index contributed by atoms with van der Waals surface area (Å²) in [7, 11) is 0. The first-order valence-electron chi connectivity index (χ1n) is 6.64. The van der Waals surface area contributed by atoms with E-state index in [9.17, 15) is 0 Å². The second-order valence-corrected chi connectivity index (χ2v) is 5.21. The van der Waals surface area contributed by atoms with Crippen molar-refractivity contribution in [3.63, 3.8) is 0 Å². The number of rotatable bonds is 5. The van der Waals surface area contributed by atoms with Crippen LogP contribution < -0.4 is 5.73 Å². The second-order valence-electron chi connectivity index (χ2n) is 5.21. The maximum atomic E-state index is 5.70. The van der Waals surface area contributed by atoms with Crippen molar-refractivity contribution in [2.24, 2.45) is 11.7 Å². The molecular formula is C13H28N2. The summed E-state index contributed by atoms with van der Waals surface area (Å²) in [6.07, 6.45) is 6.99. The summed E-state index contributed by atoms with van der Waals surface area (Å²) in [6.45, 7) is 8.79. The molecule has 2 N–H and O–H groups in total. The molecule has 0 heterocycles. The lowest BCUT2D eigenvalue weighted by molar-refractivity contribution is 0.102. The summed E-state index contributed by atoms with van der Waals surface area (Å²) in [4.78, 5) is 2.61. The number of hydrogen-bond donors (Lipinski definition) is 1. The van der Waals surface area contributed by atoms with Gasteiger partial charge >= 0.3 is 0 Å². The van der Waals surface area contributed by atoms with Crippen molar-refractivity contribution in [3.8, 4) is 0 Å². The summed E-state index contributed by atoms with van der Waals surface area (Å²) in [5, 5.41) is 0. The Bertz CT molecular complexity index is 168. The van der Waals surface area contributed by atoms with Gasteiger partial charge in [-0.05, 0) is 32.6 Å². The molecule has 2 atom stereocenters. The average molecular weight is 212 g/mol. The summed E-state index contributed by atoms with van der Waals surface area (Å²) >= 11 is 0. The molecule has 15 heavy (non-hydrogen) atoms. The van der Waals surface area contributed by atoms with Gasteiger partial charge in [-0.25, -0.2) is 0 Å². The number of hydrogen-bond acceptors (Lipinski definition) is 2. The molecule has 0 bridgehead atoms. The van der Waals surface area contributed by atoms with E-state index in [1.807, 2.05) is 0 Å². The maximum Gasteiger partial charge on any atom is 0.0110 e. The highest BCUT2D eigenvalue weighted by Crippen LogP contribution is 2.30. The van der Waals surface area contributed by atoms with Crippen LogP contribution in [-0.4, -0.2) is 30.1 Å². The molecule has 0 saturated heterocycles. The molecule has 0 aromatic heterocycles. The summed E-state index contributed by atoms with van der Waals surface area (Å²) in [5.74, 6) is 0.961. The van der Waals surface area contributed by atoms with Gasteiger partial charge in [0.2, 0.25) is 0 Å². The van der Waals surface area contributed by atoms with Gasteiger partial charge < -0.3 is 5.73 Å². The zero-order chi connectivity index (χ0) is 11.3. The lowest BCUT2D eigenvalue weighted by atomic mass is 9.83. The van der Waals surface area contributed by atoms with Gasteiger partial charge in [-0.1, -0.05) is 26.2 Å². The SMILES string of the molecule is CCC1CCCC(N(CCN)C(C)C)C1. The van der Waals surface area contributed by atoms with Gasteiger partial charge in [-0.2, -0.15) is 0 Å². The molecule has 1 rings (SSSR count). The van der Waals surface area contributed by atoms with Crippen LogP contribution in [0.4, 0.5) is 0 Å². The molecule has 90 valence electrons. The van der Waals surface area contributed by atoms with Crippen LogP contribution in [0.1, 0.15) is 52.9 Å². The molecule has 2 heteroatoms. The van der Waals surface area contributed by atoms with Crippen LogP contribution in [0.2, 0.25) is 0 Å². The molecule has 0 amide bonds. The Balaban J connectivity index is 2.50. The predicted molar refractivity (Wildman–Crippen MR) is 66.9 cm³/mol. The standard InChI is InChI=1S/C13H28N2/c1-4-12-6-5-7-13(10-12)15(9-8-14)11(2)3/h11-13H,4-10,14H2,1-3H3. The smallest absolute Gasteiger partial charge is 0.0110 e. The topological polar surface area (TPSA) is 29.3 Å². The lowest BCUT2D eigenvalue weighted by Gasteiger charge is -2.39. The van der Waals surface area contributed by atoms with Crippen LogP contribution in [-0.2, 0) is 0 Å². The highest BCUT2D eigenvalue weighted by atomic mass is 15.2. The zero-order valence-corrected chi connectivity index (χ0v) is 10.7. The molecule has 0 radical (unpaired) electrons. The molecule has 0 aliphatic heterocycles. The Morgan fingerprint density at radius 2 is 2.07 bits per heavy atom. The molecule has 1 aliphatic carbocycles. The van der Waals surface area contributed by atoms with Crippen LogP contribution in [0, 0.1) is 5.92 Å². The number of nitrogens with zero attached hydrogens (tertiary/aromatic N) is 1. The van der Waals surface area contributed by atoms with Gasteiger partial charge in [0.05, 0.1) is 0 Å². The molecule has 2 unspecified atom stereocenters. The fourth-order valence-corrected chi connectivity index (χ4v) is 2.95. The van der Waals surface area contributed by atoms with E-state index >= 15 is 0 Å². The molecule has 1 aliphatic rings. The van der Waals surface area contributed by atoms with Gasteiger partial charge in [0, 0.05) is 25.2 Å².